The first-order valence-corrected chi connectivity index (χ1v) is 16.7. The standard InChI is InChI=1S/C34H44N4O11/c39-26(15-6-2-9-21-35-27(40)16-7-3-11-23-37-28(41)17-18-29(37)42)36-22-10-8-14-25(33(45)46)32(24-12-4-1-5-13-24)48-34(47)49-38-30(43)19-20-31(38)44/h1,4-5,12-13,17-18,25,32H,2-3,6-11,14-16,19-23H2,(H,35,40)(H,36,39)(H,45,46). The number of carboxylic acid groups (broad SMARTS) is 1. The molecular weight excluding hydrogens is 640 g/mol. The van der Waals surface area contributed by atoms with Crippen molar-refractivity contribution >= 4 is 47.6 Å². The van der Waals surface area contributed by atoms with E-state index in [1.54, 1.807) is 30.3 Å². The van der Waals surface area contributed by atoms with Gasteiger partial charge in [0, 0.05) is 57.5 Å². The molecule has 1 saturated heterocycles. The Morgan fingerprint density at radius 3 is 1.86 bits per heavy atom. The van der Waals surface area contributed by atoms with E-state index in [2.05, 4.69) is 10.6 Å². The third kappa shape index (κ3) is 13.2. The molecule has 266 valence electrons. The predicted molar refractivity (Wildman–Crippen MR) is 172 cm³/mol. The number of ether oxygens (including phenoxy) is 1. The second kappa shape index (κ2) is 20.3. The molecule has 0 aliphatic carbocycles. The van der Waals surface area contributed by atoms with E-state index in [0.29, 0.717) is 75.2 Å². The molecule has 0 bridgehead atoms. The summed E-state index contributed by atoms with van der Waals surface area (Å²) in [7, 11) is 0. The maximum absolute atomic E-state index is 12.5. The van der Waals surface area contributed by atoms with Crippen molar-refractivity contribution in [3.8, 4) is 0 Å². The number of hydroxylamine groups is 2. The normalized spacial score (nSPS) is 15.3. The molecule has 0 spiro atoms. The fraction of sp³-hybridized carbons (Fsp3) is 0.529. The van der Waals surface area contributed by atoms with Gasteiger partial charge >= 0.3 is 12.1 Å². The number of hydrogen-bond donors (Lipinski definition) is 3. The van der Waals surface area contributed by atoms with Gasteiger partial charge in [0.25, 0.3) is 23.6 Å². The van der Waals surface area contributed by atoms with E-state index in [-0.39, 0.29) is 42.9 Å². The van der Waals surface area contributed by atoms with Crippen molar-refractivity contribution in [3.63, 3.8) is 0 Å². The van der Waals surface area contributed by atoms with Crippen LogP contribution in [0.15, 0.2) is 42.5 Å². The SMILES string of the molecule is O=C(CCCCCN1C(=O)C=CC1=O)NCCCCCC(=O)NCCCCC(C(=O)O)C(OC(=O)ON1C(=O)CCC1=O)c1ccccc1. The van der Waals surface area contributed by atoms with Crippen molar-refractivity contribution in [1.29, 1.82) is 0 Å². The second-order valence-corrected chi connectivity index (χ2v) is 11.8. The summed E-state index contributed by atoms with van der Waals surface area (Å²) in [5, 5.41) is 16.0. The molecule has 1 aromatic carbocycles. The van der Waals surface area contributed by atoms with Crippen LogP contribution in [0.2, 0.25) is 0 Å². The maximum Gasteiger partial charge on any atom is 0.534 e. The monoisotopic (exact) mass is 684 g/mol. The zero-order chi connectivity index (χ0) is 35.6. The van der Waals surface area contributed by atoms with Crippen LogP contribution in [0, 0.1) is 5.92 Å². The van der Waals surface area contributed by atoms with Gasteiger partial charge in [0.15, 0.2) is 0 Å². The average molecular weight is 685 g/mol. The zero-order valence-corrected chi connectivity index (χ0v) is 27.4. The number of aliphatic carboxylic acids is 1. The fourth-order valence-electron chi connectivity index (χ4n) is 5.38. The largest absolute Gasteiger partial charge is 0.534 e. The van der Waals surface area contributed by atoms with Gasteiger partial charge in [0.05, 0.1) is 5.92 Å². The molecule has 6 amide bonds. The van der Waals surface area contributed by atoms with Gasteiger partial charge in [-0.05, 0) is 44.1 Å². The number of hydrogen-bond acceptors (Lipinski definition) is 10. The van der Waals surface area contributed by atoms with Crippen LogP contribution in [-0.4, -0.2) is 82.3 Å². The van der Waals surface area contributed by atoms with E-state index in [4.69, 9.17) is 9.57 Å². The minimum Gasteiger partial charge on any atom is -0.481 e. The predicted octanol–water partition coefficient (Wildman–Crippen LogP) is 3.09. The molecule has 2 unspecified atom stereocenters. The van der Waals surface area contributed by atoms with Gasteiger partial charge in [-0.25, -0.2) is 4.79 Å². The summed E-state index contributed by atoms with van der Waals surface area (Å²) in [6.45, 7) is 1.19. The van der Waals surface area contributed by atoms with E-state index in [0.717, 1.165) is 19.3 Å². The number of amides is 6. The Kier molecular flexibility index (Phi) is 15.9. The molecule has 1 aromatic rings. The number of carboxylic acids is 1. The zero-order valence-electron chi connectivity index (χ0n) is 27.4. The Labute approximate surface area is 284 Å². The van der Waals surface area contributed by atoms with E-state index < -0.39 is 36.0 Å². The Bertz CT molecular complexity index is 1350. The fourth-order valence-corrected chi connectivity index (χ4v) is 5.38. The number of imide groups is 2. The van der Waals surface area contributed by atoms with Crippen LogP contribution in [0.4, 0.5) is 4.79 Å². The lowest BCUT2D eigenvalue weighted by molar-refractivity contribution is -0.180. The summed E-state index contributed by atoms with van der Waals surface area (Å²) in [6.07, 6.45) is 5.54. The van der Waals surface area contributed by atoms with Crippen molar-refractivity contribution in [2.24, 2.45) is 5.92 Å². The minimum atomic E-state index is -1.36. The molecule has 2 aliphatic rings. The van der Waals surface area contributed by atoms with Crippen molar-refractivity contribution in [3.05, 3.63) is 48.0 Å². The van der Waals surface area contributed by atoms with Crippen LogP contribution in [-0.2, 0) is 43.1 Å². The van der Waals surface area contributed by atoms with Crippen molar-refractivity contribution in [2.75, 3.05) is 19.6 Å². The highest BCUT2D eigenvalue weighted by Gasteiger charge is 2.37. The number of carbonyl (C=O) groups is 8. The molecule has 0 saturated carbocycles. The van der Waals surface area contributed by atoms with Gasteiger partial charge in [-0.15, -0.1) is 0 Å². The van der Waals surface area contributed by atoms with Gasteiger partial charge in [0.1, 0.15) is 6.10 Å². The van der Waals surface area contributed by atoms with E-state index in [9.17, 15) is 43.5 Å². The molecule has 1 fully saturated rings. The van der Waals surface area contributed by atoms with Gasteiger partial charge in [-0.3, -0.25) is 43.3 Å². The van der Waals surface area contributed by atoms with Crippen LogP contribution >= 0.6 is 0 Å². The van der Waals surface area contributed by atoms with E-state index in [1.165, 1.54) is 17.1 Å². The van der Waals surface area contributed by atoms with Crippen LogP contribution in [0.5, 0.6) is 0 Å². The van der Waals surface area contributed by atoms with Gasteiger partial charge < -0.3 is 20.5 Å². The van der Waals surface area contributed by atoms with Gasteiger partial charge in [-0.2, -0.15) is 0 Å². The smallest absolute Gasteiger partial charge is 0.481 e. The number of rotatable bonds is 22. The van der Waals surface area contributed by atoms with Crippen LogP contribution in [0.3, 0.4) is 0 Å². The molecule has 3 N–H and O–H groups in total. The lowest BCUT2D eigenvalue weighted by Gasteiger charge is -2.25. The quantitative estimate of drug-likeness (QED) is 0.0919. The summed E-state index contributed by atoms with van der Waals surface area (Å²) >= 11 is 0. The highest BCUT2D eigenvalue weighted by atomic mass is 16.8. The summed E-state index contributed by atoms with van der Waals surface area (Å²) in [6, 6.07) is 8.23. The Balaban J connectivity index is 1.26. The summed E-state index contributed by atoms with van der Waals surface area (Å²) < 4.78 is 5.34. The second-order valence-electron chi connectivity index (χ2n) is 11.8. The number of carbonyl (C=O) groups excluding carboxylic acids is 7. The van der Waals surface area contributed by atoms with Crippen molar-refractivity contribution < 1.29 is 53.0 Å². The number of benzene rings is 1. The van der Waals surface area contributed by atoms with E-state index >= 15 is 0 Å². The van der Waals surface area contributed by atoms with Crippen molar-refractivity contribution in [2.45, 2.75) is 89.6 Å². The lowest BCUT2D eigenvalue weighted by atomic mass is 9.91. The van der Waals surface area contributed by atoms with E-state index in [1.807, 2.05) is 0 Å². The first-order chi connectivity index (χ1) is 23.6. The highest BCUT2D eigenvalue weighted by molar-refractivity contribution is 6.12. The van der Waals surface area contributed by atoms with Crippen LogP contribution < -0.4 is 10.6 Å². The molecule has 49 heavy (non-hydrogen) atoms. The molecule has 0 radical (unpaired) electrons. The number of nitrogens with one attached hydrogen (secondary N) is 2. The lowest BCUT2D eigenvalue weighted by Crippen LogP contribution is -2.34. The molecule has 15 nitrogen and oxygen atoms in total. The van der Waals surface area contributed by atoms with Crippen LogP contribution in [0.25, 0.3) is 0 Å². The Hall–Kier alpha value is -5.08. The molecule has 2 heterocycles. The highest BCUT2D eigenvalue weighted by Crippen LogP contribution is 2.31. The third-order valence-electron chi connectivity index (χ3n) is 8.06. The molecular formula is C34H44N4O11. The maximum atomic E-state index is 12.5. The average Bonchev–Trinajstić information content (AvgIpc) is 3.57. The minimum absolute atomic E-state index is 0.0606. The molecule has 0 aromatic heterocycles. The van der Waals surface area contributed by atoms with Gasteiger partial charge in [0.2, 0.25) is 11.8 Å². The first kappa shape index (κ1) is 38.4. The first-order valence-electron chi connectivity index (χ1n) is 16.7. The molecule has 3 rings (SSSR count). The Morgan fingerprint density at radius 2 is 1.29 bits per heavy atom. The number of nitrogens with zero attached hydrogens (tertiary/aromatic N) is 2. The molecule has 2 aliphatic heterocycles. The third-order valence-corrected chi connectivity index (χ3v) is 8.06. The van der Waals surface area contributed by atoms with Crippen LogP contribution in [0.1, 0.15) is 95.1 Å². The van der Waals surface area contributed by atoms with Crippen molar-refractivity contribution in [1.82, 2.24) is 20.6 Å². The molecule has 2 atom stereocenters. The van der Waals surface area contributed by atoms with Gasteiger partial charge in [-0.1, -0.05) is 54.7 Å². The summed E-state index contributed by atoms with van der Waals surface area (Å²) in [5.74, 6) is -4.54. The Morgan fingerprint density at radius 1 is 0.735 bits per heavy atom. The molecule has 15 heteroatoms. The summed E-state index contributed by atoms with van der Waals surface area (Å²) in [4.78, 5) is 102. The topological polar surface area (TPSA) is 206 Å². The summed E-state index contributed by atoms with van der Waals surface area (Å²) in [5.41, 5.74) is 0.402. The number of unbranched alkanes of at least 4 members (excludes halogenated alkanes) is 5.